The molecule has 0 aliphatic carbocycles. The minimum absolute atomic E-state index is 0.0882. The summed E-state index contributed by atoms with van der Waals surface area (Å²) >= 11 is 0. The summed E-state index contributed by atoms with van der Waals surface area (Å²) in [4.78, 5) is 34.7. The van der Waals surface area contributed by atoms with Gasteiger partial charge in [0.05, 0.1) is 0 Å². The molecule has 2 amide bonds. The molecule has 2 aromatic rings. The fraction of sp³-hybridized carbons (Fsp3) is 0.188. The predicted molar refractivity (Wildman–Crippen MR) is 83.0 cm³/mol. The van der Waals surface area contributed by atoms with Gasteiger partial charge in [-0.15, -0.1) is 0 Å². The maximum atomic E-state index is 11.8. The molecule has 7 nitrogen and oxygen atoms in total. The predicted octanol–water partition coefficient (Wildman–Crippen LogP) is 1.07. The molecule has 0 saturated carbocycles. The van der Waals surface area contributed by atoms with E-state index in [9.17, 15) is 14.4 Å². The Hall–Kier alpha value is -3.09. The van der Waals surface area contributed by atoms with Gasteiger partial charge in [-0.2, -0.15) is 0 Å². The third-order valence-corrected chi connectivity index (χ3v) is 3.10. The van der Waals surface area contributed by atoms with Crippen molar-refractivity contribution in [2.24, 2.45) is 7.05 Å². The second-order valence-corrected chi connectivity index (χ2v) is 4.88. The van der Waals surface area contributed by atoms with E-state index in [1.165, 1.54) is 6.92 Å². The Morgan fingerprint density at radius 3 is 2.57 bits per heavy atom. The molecule has 1 aromatic heterocycles. The van der Waals surface area contributed by atoms with Crippen LogP contribution in [0.5, 0.6) is 5.75 Å². The van der Waals surface area contributed by atoms with Crippen LogP contribution in [0.3, 0.4) is 0 Å². The van der Waals surface area contributed by atoms with Crippen molar-refractivity contribution in [3.8, 4) is 5.75 Å². The van der Waals surface area contributed by atoms with E-state index in [0.717, 1.165) is 0 Å². The molecular weight excluding hydrogens is 298 g/mol. The molecule has 0 spiro atoms. The Balaban J connectivity index is 1.81. The number of carbonyl (C=O) groups excluding carboxylic acids is 3. The van der Waals surface area contributed by atoms with Crippen LogP contribution >= 0.6 is 0 Å². The Morgan fingerprint density at radius 2 is 1.91 bits per heavy atom. The van der Waals surface area contributed by atoms with E-state index in [0.29, 0.717) is 17.0 Å². The first-order valence-electron chi connectivity index (χ1n) is 6.91. The minimum atomic E-state index is -0.513. The number of nitrogens with one attached hydrogen (secondary N) is 2. The standard InChI is InChI=1S/C16H17N3O4/c1-11(20)12-5-3-6-13(9-12)23-10-15(21)17-18-16(22)14-7-4-8-19(14)2/h3-9H,10H2,1-2H3,(H,17,21)(H,18,22). The second-order valence-electron chi connectivity index (χ2n) is 4.88. The lowest BCUT2D eigenvalue weighted by atomic mass is 10.1. The van der Waals surface area contributed by atoms with Crippen molar-refractivity contribution in [1.82, 2.24) is 15.4 Å². The second kappa shape index (κ2) is 7.26. The fourth-order valence-corrected chi connectivity index (χ4v) is 1.88. The van der Waals surface area contributed by atoms with Crippen molar-refractivity contribution in [3.63, 3.8) is 0 Å². The van der Waals surface area contributed by atoms with Gasteiger partial charge >= 0.3 is 0 Å². The number of ketones is 1. The molecule has 2 rings (SSSR count). The van der Waals surface area contributed by atoms with Gasteiger partial charge in [-0.05, 0) is 31.2 Å². The van der Waals surface area contributed by atoms with Crippen LogP contribution in [-0.2, 0) is 11.8 Å². The van der Waals surface area contributed by atoms with Gasteiger partial charge < -0.3 is 9.30 Å². The van der Waals surface area contributed by atoms with E-state index < -0.39 is 11.8 Å². The highest BCUT2D eigenvalue weighted by Crippen LogP contribution is 2.13. The number of rotatable bonds is 5. The molecule has 7 heteroatoms. The Labute approximate surface area is 133 Å². The lowest BCUT2D eigenvalue weighted by molar-refractivity contribution is -0.123. The summed E-state index contributed by atoms with van der Waals surface area (Å²) in [5, 5.41) is 0. The molecule has 0 aliphatic heterocycles. The smallest absolute Gasteiger partial charge is 0.286 e. The fourth-order valence-electron chi connectivity index (χ4n) is 1.88. The monoisotopic (exact) mass is 315 g/mol. The first-order chi connectivity index (χ1) is 11.0. The lowest BCUT2D eigenvalue weighted by Gasteiger charge is -2.09. The van der Waals surface area contributed by atoms with Crippen LogP contribution in [0.25, 0.3) is 0 Å². The topological polar surface area (TPSA) is 89.4 Å². The number of ether oxygens (including phenoxy) is 1. The number of aryl methyl sites for hydroxylation is 1. The van der Waals surface area contributed by atoms with E-state index in [2.05, 4.69) is 10.9 Å². The number of nitrogens with zero attached hydrogens (tertiary/aromatic N) is 1. The van der Waals surface area contributed by atoms with Crippen LogP contribution in [-0.4, -0.2) is 28.8 Å². The summed E-state index contributed by atoms with van der Waals surface area (Å²) in [6.07, 6.45) is 1.72. The first-order valence-corrected chi connectivity index (χ1v) is 6.91. The number of benzene rings is 1. The quantitative estimate of drug-likeness (QED) is 0.638. The summed E-state index contributed by atoms with van der Waals surface area (Å²) < 4.78 is 6.91. The minimum Gasteiger partial charge on any atom is -0.484 e. The summed E-state index contributed by atoms with van der Waals surface area (Å²) in [6, 6.07) is 9.88. The molecule has 0 fully saturated rings. The Morgan fingerprint density at radius 1 is 1.13 bits per heavy atom. The van der Waals surface area contributed by atoms with Crippen LogP contribution in [0.4, 0.5) is 0 Å². The zero-order chi connectivity index (χ0) is 16.8. The summed E-state index contributed by atoms with van der Waals surface area (Å²) in [6.45, 7) is 1.17. The lowest BCUT2D eigenvalue weighted by Crippen LogP contribution is -2.44. The molecule has 23 heavy (non-hydrogen) atoms. The molecule has 1 aromatic carbocycles. The van der Waals surface area contributed by atoms with Crippen molar-refractivity contribution in [2.75, 3.05) is 6.61 Å². The van der Waals surface area contributed by atoms with Gasteiger partial charge in [-0.1, -0.05) is 12.1 Å². The van der Waals surface area contributed by atoms with Gasteiger partial charge in [0.2, 0.25) is 0 Å². The average molecular weight is 315 g/mol. The Bertz CT molecular complexity index is 736. The SMILES string of the molecule is CC(=O)c1cccc(OCC(=O)NNC(=O)c2cccn2C)c1. The molecule has 120 valence electrons. The molecule has 0 bridgehead atoms. The van der Waals surface area contributed by atoms with Gasteiger partial charge in [-0.3, -0.25) is 25.2 Å². The third kappa shape index (κ3) is 4.44. The molecule has 0 aliphatic rings. The number of Topliss-reactive ketones (excluding diaryl/α,β-unsaturated/α-hetero) is 1. The first kappa shape index (κ1) is 16.3. The molecule has 0 saturated heterocycles. The maximum Gasteiger partial charge on any atom is 0.286 e. The summed E-state index contributed by atoms with van der Waals surface area (Å²) in [5.41, 5.74) is 5.48. The highest BCUT2D eigenvalue weighted by molar-refractivity contribution is 5.95. The molecule has 0 unspecified atom stereocenters. The highest BCUT2D eigenvalue weighted by atomic mass is 16.5. The molecule has 2 N–H and O–H groups in total. The number of carbonyl (C=O) groups is 3. The van der Waals surface area contributed by atoms with E-state index in [1.807, 2.05) is 0 Å². The Kier molecular flexibility index (Phi) is 5.14. The van der Waals surface area contributed by atoms with Crippen LogP contribution < -0.4 is 15.6 Å². The van der Waals surface area contributed by atoms with Gasteiger partial charge in [0.1, 0.15) is 11.4 Å². The van der Waals surface area contributed by atoms with Crippen LogP contribution in [0, 0.1) is 0 Å². The van der Waals surface area contributed by atoms with Crippen molar-refractivity contribution in [3.05, 3.63) is 53.9 Å². The van der Waals surface area contributed by atoms with Crippen LogP contribution in [0.1, 0.15) is 27.8 Å². The van der Waals surface area contributed by atoms with Gasteiger partial charge in [0.25, 0.3) is 11.8 Å². The van der Waals surface area contributed by atoms with E-state index >= 15 is 0 Å². The van der Waals surface area contributed by atoms with Crippen molar-refractivity contribution < 1.29 is 19.1 Å². The van der Waals surface area contributed by atoms with Gasteiger partial charge in [0.15, 0.2) is 12.4 Å². The van der Waals surface area contributed by atoms with Gasteiger partial charge in [0, 0.05) is 18.8 Å². The van der Waals surface area contributed by atoms with E-state index in [1.54, 1.807) is 54.2 Å². The van der Waals surface area contributed by atoms with E-state index in [-0.39, 0.29) is 12.4 Å². The highest BCUT2D eigenvalue weighted by Gasteiger charge is 2.10. The third-order valence-electron chi connectivity index (χ3n) is 3.10. The van der Waals surface area contributed by atoms with E-state index in [4.69, 9.17) is 4.74 Å². The average Bonchev–Trinajstić information content (AvgIpc) is 2.97. The maximum absolute atomic E-state index is 11.8. The zero-order valence-electron chi connectivity index (χ0n) is 12.8. The van der Waals surface area contributed by atoms with Gasteiger partial charge in [-0.25, -0.2) is 0 Å². The number of aromatic nitrogens is 1. The van der Waals surface area contributed by atoms with Crippen LogP contribution in [0.15, 0.2) is 42.6 Å². The largest absolute Gasteiger partial charge is 0.484 e. The van der Waals surface area contributed by atoms with Crippen molar-refractivity contribution in [2.45, 2.75) is 6.92 Å². The number of hydrogen-bond donors (Lipinski definition) is 2. The zero-order valence-corrected chi connectivity index (χ0v) is 12.8. The number of hydrogen-bond acceptors (Lipinski definition) is 4. The van der Waals surface area contributed by atoms with Crippen molar-refractivity contribution in [1.29, 1.82) is 0 Å². The number of hydrazine groups is 1. The normalized spacial score (nSPS) is 10.0. The summed E-state index contributed by atoms with van der Waals surface area (Å²) in [5.74, 6) is -0.624. The summed E-state index contributed by atoms with van der Waals surface area (Å²) in [7, 11) is 1.72. The molecular formula is C16H17N3O4. The molecule has 0 atom stereocenters. The molecule has 0 radical (unpaired) electrons. The van der Waals surface area contributed by atoms with Crippen LogP contribution in [0.2, 0.25) is 0 Å². The molecule has 1 heterocycles. The number of amides is 2. The van der Waals surface area contributed by atoms with Crippen molar-refractivity contribution >= 4 is 17.6 Å².